The van der Waals surface area contributed by atoms with Gasteiger partial charge in [0, 0.05) is 24.4 Å². The van der Waals surface area contributed by atoms with Crippen LogP contribution in [0.15, 0.2) is 78.0 Å². The molecule has 0 aliphatic rings. The van der Waals surface area contributed by atoms with Crippen LogP contribution in [0.4, 0.5) is 0 Å². The Hall–Kier alpha value is -3.96. The molecule has 0 amide bonds. The number of carboxylic acid groups (broad SMARTS) is 1. The Morgan fingerprint density at radius 2 is 1.91 bits per heavy atom. The zero-order valence-corrected chi connectivity index (χ0v) is 18.7. The van der Waals surface area contributed by atoms with E-state index in [9.17, 15) is 18.0 Å². The van der Waals surface area contributed by atoms with E-state index < -0.39 is 16.0 Å². The highest BCUT2D eigenvalue weighted by molar-refractivity contribution is 7.90. The van der Waals surface area contributed by atoms with Crippen molar-refractivity contribution in [3.63, 3.8) is 0 Å². The molecule has 0 aliphatic carbocycles. The highest BCUT2D eigenvalue weighted by Gasteiger charge is 2.23. The molecule has 0 spiro atoms. The number of imidazole rings is 1. The maximum atomic E-state index is 13.2. The van der Waals surface area contributed by atoms with Crippen molar-refractivity contribution in [1.29, 1.82) is 0 Å². The molecule has 0 bridgehead atoms. The molecule has 1 heterocycles. The normalized spacial score (nSPS) is 10.8. The summed E-state index contributed by atoms with van der Waals surface area (Å²) in [6.45, 7) is 0.611. The molecule has 3 rings (SSSR count). The van der Waals surface area contributed by atoms with E-state index in [1.807, 2.05) is 30.3 Å². The van der Waals surface area contributed by atoms with Crippen molar-refractivity contribution in [1.82, 2.24) is 14.3 Å². The molecule has 0 unspecified atom stereocenters. The van der Waals surface area contributed by atoms with Gasteiger partial charge in [-0.3, -0.25) is 4.79 Å². The standard InChI is InChI=1S/C18H19N3O3S.C4H4O4/c1-19-12-15-13-21(18(20-15)14-7-4-3-5-8-14)25(22,23)17-10-6-9-16(11-17)24-2;5-3-8-2-1-4(6)7/h3-11,13,19H,12H2,1-2H3;1-3H,(H,6,7)/b;2-1+. The third-order valence-electron chi connectivity index (χ3n) is 4.06. The van der Waals surface area contributed by atoms with E-state index >= 15 is 0 Å². The molecule has 11 heteroatoms. The predicted octanol–water partition coefficient (Wildman–Crippen LogP) is 2.27. The summed E-state index contributed by atoms with van der Waals surface area (Å²) in [7, 11) is -0.509. The lowest BCUT2D eigenvalue weighted by Crippen LogP contribution is -2.13. The number of aliphatic carboxylic acids is 1. The molecular weight excluding hydrogens is 450 g/mol. The summed E-state index contributed by atoms with van der Waals surface area (Å²) in [6.07, 6.45) is 3.05. The van der Waals surface area contributed by atoms with Gasteiger partial charge in [0.25, 0.3) is 16.5 Å². The number of nitrogens with one attached hydrogen (secondary N) is 1. The van der Waals surface area contributed by atoms with E-state index in [1.165, 1.54) is 17.1 Å². The van der Waals surface area contributed by atoms with Crippen LogP contribution in [0.25, 0.3) is 11.4 Å². The smallest absolute Gasteiger partial charge is 0.331 e. The van der Waals surface area contributed by atoms with Crippen molar-refractivity contribution in [3.8, 4) is 17.1 Å². The second-order valence-electron chi connectivity index (χ2n) is 6.31. The van der Waals surface area contributed by atoms with Crippen LogP contribution in [0.3, 0.4) is 0 Å². The second kappa shape index (κ2) is 12.2. The van der Waals surface area contributed by atoms with Crippen LogP contribution < -0.4 is 10.1 Å². The van der Waals surface area contributed by atoms with Crippen LogP contribution in [-0.2, 0) is 30.9 Å². The number of carbonyl (C=O) groups excluding carboxylic acids is 1. The molecule has 33 heavy (non-hydrogen) atoms. The third-order valence-corrected chi connectivity index (χ3v) is 5.70. The lowest BCUT2D eigenvalue weighted by Gasteiger charge is -2.10. The second-order valence-corrected chi connectivity index (χ2v) is 8.12. The maximum absolute atomic E-state index is 13.2. The average Bonchev–Trinajstić information content (AvgIpc) is 3.25. The van der Waals surface area contributed by atoms with Gasteiger partial charge in [0.2, 0.25) is 0 Å². The fourth-order valence-electron chi connectivity index (χ4n) is 2.64. The number of ether oxygens (including phenoxy) is 2. The summed E-state index contributed by atoms with van der Waals surface area (Å²) in [5, 5.41) is 10.9. The Morgan fingerprint density at radius 1 is 1.18 bits per heavy atom. The molecular formula is C22H23N3O7S. The van der Waals surface area contributed by atoms with Gasteiger partial charge in [-0.05, 0) is 19.2 Å². The molecule has 0 radical (unpaired) electrons. The molecule has 0 atom stereocenters. The summed E-state index contributed by atoms with van der Waals surface area (Å²) in [6, 6.07) is 15.7. The van der Waals surface area contributed by atoms with Gasteiger partial charge in [-0.15, -0.1) is 0 Å². The van der Waals surface area contributed by atoms with Gasteiger partial charge < -0.3 is 19.9 Å². The van der Waals surface area contributed by atoms with Crippen LogP contribution in [0.5, 0.6) is 5.75 Å². The number of aromatic nitrogens is 2. The van der Waals surface area contributed by atoms with Crippen molar-refractivity contribution in [2.75, 3.05) is 14.2 Å². The summed E-state index contributed by atoms with van der Waals surface area (Å²) < 4.78 is 36.6. The molecule has 0 fully saturated rings. The Morgan fingerprint density at radius 3 is 2.52 bits per heavy atom. The molecule has 0 saturated carbocycles. The van der Waals surface area contributed by atoms with E-state index in [0.29, 0.717) is 29.9 Å². The van der Waals surface area contributed by atoms with Crippen molar-refractivity contribution in [3.05, 3.63) is 78.8 Å². The number of methoxy groups -OCH3 is 1. The number of carbonyl (C=O) groups is 2. The first-order chi connectivity index (χ1) is 15.8. The molecule has 1 aromatic heterocycles. The van der Waals surface area contributed by atoms with Crippen LogP contribution in [0.1, 0.15) is 5.69 Å². The van der Waals surface area contributed by atoms with Gasteiger partial charge in [0.1, 0.15) is 12.0 Å². The SMILES string of the molecule is CNCc1cn(S(=O)(=O)c2cccc(OC)c2)c(-c2ccccc2)n1.O=CO/C=C/C(=O)O. The van der Waals surface area contributed by atoms with Crippen LogP contribution >= 0.6 is 0 Å². The van der Waals surface area contributed by atoms with Crippen molar-refractivity contribution in [2.24, 2.45) is 0 Å². The van der Waals surface area contributed by atoms with Crippen molar-refractivity contribution in [2.45, 2.75) is 11.4 Å². The number of hydrogen-bond acceptors (Lipinski definition) is 8. The van der Waals surface area contributed by atoms with Crippen LogP contribution in [0, 0.1) is 0 Å². The number of carboxylic acids is 1. The van der Waals surface area contributed by atoms with E-state index in [0.717, 1.165) is 11.8 Å². The van der Waals surface area contributed by atoms with Gasteiger partial charge in [-0.25, -0.2) is 22.2 Å². The van der Waals surface area contributed by atoms with Gasteiger partial charge in [0.05, 0.1) is 23.8 Å². The highest BCUT2D eigenvalue weighted by Crippen LogP contribution is 2.26. The van der Waals surface area contributed by atoms with Gasteiger partial charge in [-0.2, -0.15) is 0 Å². The predicted molar refractivity (Wildman–Crippen MR) is 120 cm³/mol. The minimum atomic E-state index is -3.80. The largest absolute Gasteiger partial charge is 0.497 e. The van der Waals surface area contributed by atoms with Gasteiger partial charge in [-0.1, -0.05) is 36.4 Å². The molecule has 0 aliphatic heterocycles. The number of hydrogen-bond donors (Lipinski definition) is 2. The average molecular weight is 474 g/mol. The topological polar surface area (TPSA) is 137 Å². The summed E-state index contributed by atoms with van der Waals surface area (Å²) >= 11 is 0. The minimum absolute atomic E-state index is 0.138. The van der Waals surface area contributed by atoms with E-state index in [1.54, 1.807) is 31.4 Å². The fraction of sp³-hybridized carbons (Fsp3) is 0.136. The molecule has 0 saturated heterocycles. The summed E-state index contributed by atoms with van der Waals surface area (Å²) in [5.74, 6) is -0.279. The number of benzene rings is 2. The van der Waals surface area contributed by atoms with E-state index in [2.05, 4.69) is 15.0 Å². The zero-order chi connectivity index (χ0) is 24.3. The van der Waals surface area contributed by atoms with Crippen molar-refractivity contribution < 1.29 is 32.6 Å². The molecule has 2 aromatic carbocycles. The van der Waals surface area contributed by atoms with Gasteiger partial charge in [0.15, 0.2) is 5.82 Å². The summed E-state index contributed by atoms with van der Waals surface area (Å²) in [5.41, 5.74) is 1.38. The molecule has 3 aromatic rings. The molecule has 174 valence electrons. The zero-order valence-electron chi connectivity index (χ0n) is 17.9. The fourth-order valence-corrected chi connectivity index (χ4v) is 4.02. The highest BCUT2D eigenvalue weighted by atomic mass is 32.2. The molecule has 2 N–H and O–H groups in total. The van der Waals surface area contributed by atoms with E-state index in [4.69, 9.17) is 9.84 Å². The van der Waals surface area contributed by atoms with Crippen LogP contribution in [-0.4, -0.2) is 49.1 Å². The first-order valence-electron chi connectivity index (χ1n) is 9.50. The van der Waals surface area contributed by atoms with Crippen molar-refractivity contribution >= 4 is 22.5 Å². The first-order valence-corrected chi connectivity index (χ1v) is 10.9. The van der Waals surface area contributed by atoms with E-state index in [-0.39, 0.29) is 11.4 Å². The number of rotatable bonds is 9. The van der Waals surface area contributed by atoms with Crippen LogP contribution in [0.2, 0.25) is 0 Å². The number of nitrogens with zero attached hydrogens (tertiary/aromatic N) is 2. The lowest BCUT2D eigenvalue weighted by atomic mass is 10.2. The Balaban J connectivity index is 0.000000414. The Labute approximate surface area is 191 Å². The quantitative estimate of drug-likeness (QED) is 0.272. The maximum Gasteiger partial charge on any atom is 0.331 e. The minimum Gasteiger partial charge on any atom is -0.497 e. The lowest BCUT2D eigenvalue weighted by molar-refractivity contribution is -0.131. The summed E-state index contributed by atoms with van der Waals surface area (Å²) in [4.78, 5) is 23.6. The Kier molecular flexibility index (Phi) is 9.33. The molecule has 10 nitrogen and oxygen atoms in total. The van der Waals surface area contributed by atoms with Gasteiger partial charge >= 0.3 is 5.97 Å². The monoisotopic (exact) mass is 473 g/mol. The Bertz CT molecular complexity index is 1210. The third kappa shape index (κ3) is 7.02. The first kappa shape index (κ1) is 25.3.